The van der Waals surface area contributed by atoms with E-state index in [-0.39, 0.29) is 12.0 Å². The second-order valence-electron chi connectivity index (χ2n) is 7.01. The highest BCUT2D eigenvalue weighted by Crippen LogP contribution is 2.35. The standard InChI is InChI=1S/C23H24N2O4S/c1-15-21(24-22(30-15)17-9-10-18(27-2)19(13-17)28-3)23(26)25-11-12-29-20(14-25)16-7-5-4-6-8-16/h4-10,13,20H,11-12,14H2,1-3H3. The number of hydrogen-bond donors (Lipinski definition) is 0. The molecule has 0 aliphatic carbocycles. The first-order chi connectivity index (χ1) is 14.6. The van der Waals surface area contributed by atoms with Crippen molar-refractivity contribution < 1.29 is 19.0 Å². The van der Waals surface area contributed by atoms with Crippen LogP contribution in [-0.4, -0.2) is 49.7 Å². The van der Waals surface area contributed by atoms with Crippen molar-refractivity contribution in [1.29, 1.82) is 0 Å². The minimum absolute atomic E-state index is 0.0558. The number of aromatic nitrogens is 1. The van der Waals surface area contributed by atoms with Crippen molar-refractivity contribution in [3.8, 4) is 22.1 Å². The van der Waals surface area contributed by atoms with E-state index < -0.39 is 0 Å². The summed E-state index contributed by atoms with van der Waals surface area (Å²) in [6.45, 7) is 3.53. The molecule has 2 aromatic carbocycles. The second kappa shape index (κ2) is 8.85. The van der Waals surface area contributed by atoms with E-state index in [0.29, 0.717) is 36.9 Å². The molecule has 6 nitrogen and oxygen atoms in total. The Morgan fingerprint density at radius 3 is 2.63 bits per heavy atom. The third kappa shape index (κ3) is 4.04. The van der Waals surface area contributed by atoms with Crippen LogP contribution in [-0.2, 0) is 4.74 Å². The molecule has 0 N–H and O–H groups in total. The summed E-state index contributed by atoms with van der Waals surface area (Å²) in [6.07, 6.45) is -0.117. The molecule has 0 spiro atoms. The smallest absolute Gasteiger partial charge is 0.273 e. The first-order valence-electron chi connectivity index (χ1n) is 9.76. The van der Waals surface area contributed by atoms with Crippen molar-refractivity contribution in [2.45, 2.75) is 13.0 Å². The van der Waals surface area contributed by atoms with Crippen LogP contribution in [0, 0.1) is 6.92 Å². The van der Waals surface area contributed by atoms with E-state index in [0.717, 1.165) is 21.0 Å². The van der Waals surface area contributed by atoms with Gasteiger partial charge in [-0.15, -0.1) is 11.3 Å². The van der Waals surface area contributed by atoms with Crippen LogP contribution >= 0.6 is 11.3 Å². The Hall–Kier alpha value is -2.90. The van der Waals surface area contributed by atoms with Gasteiger partial charge in [-0.1, -0.05) is 30.3 Å². The minimum Gasteiger partial charge on any atom is -0.493 e. The van der Waals surface area contributed by atoms with E-state index in [1.807, 2.05) is 60.4 Å². The Morgan fingerprint density at radius 2 is 1.90 bits per heavy atom. The Bertz CT molecular complexity index is 1030. The van der Waals surface area contributed by atoms with E-state index in [9.17, 15) is 4.79 Å². The van der Waals surface area contributed by atoms with Crippen LogP contribution in [0.3, 0.4) is 0 Å². The predicted octanol–water partition coefficient (Wildman–Crippen LogP) is 4.35. The van der Waals surface area contributed by atoms with Gasteiger partial charge in [-0.2, -0.15) is 0 Å². The molecular weight excluding hydrogens is 400 g/mol. The van der Waals surface area contributed by atoms with E-state index in [4.69, 9.17) is 14.2 Å². The average Bonchev–Trinajstić information content (AvgIpc) is 3.20. The van der Waals surface area contributed by atoms with Crippen molar-refractivity contribution >= 4 is 17.2 Å². The molecule has 0 radical (unpaired) electrons. The molecule has 1 unspecified atom stereocenters. The summed E-state index contributed by atoms with van der Waals surface area (Å²) < 4.78 is 16.6. The molecule has 2 heterocycles. The Balaban J connectivity index is 1.56. The van der Waals surface area contributed by atoms with Crippen molar-refractivity contribution in [3.05, 3.63) is 64.7 Å². The van der Waals surface area contributed by atoms with E-state index in [1.165, 1.54) is 11.3 Å². The molecule has 1 aliphatic rings. The van der Waals surface area contributed by atoms with Gasteiger partial charge in [0.15, 0.2) is 11.5 Å². The van der Waals surface area contributed by atoms with E-state index in [2.05, 4.69) is 4.98 Å². The molecule has 0 saturated carbocycles. The van der Waals surface area contributed by atoms with Crippen LogP contribution in [0.15, 0.2) is 48.5 Å². The van der Waals surface area contributed by atoms with E-state index >= 15 is 0 Å². The molecule has 1 saturated heterocycles. The lowest BCUT2D eigenvalue weighted by molar-refractivity contribution is -0.0230. The maximum atomic E-state index is 13.2. The number of carbonyl (C=O) groups is 1. The molecule has 1 aromatic heterocycles. The maximum absolute atomic E-state index is 13.2. The third-order valence-corrected chi connectivity index (χ3v) is 6.17. The summed E-state index contributed by atoms with van der Waals surface area (Å²) in [5, 5.41) is 0.782. The number of amides is 1. The molecule has 1 amide bonds. The van der Waals surface area contributed by atoms with Crippen LogP contribution in [0.5, 0.6) is 11.5 Å². The van der Waals surface area contributed by atoms with Crippen LogP contribution in [0.1, 0.15) is 27.0 Å². The number of hydrogen-bond acceptors (Lipinski definition) is 6. The Morgan fingerprint density at radius 1 is 1.13 bits per heavy atom. The van der Waals surface area contributed by atoms with Gasteiger partial charge in [0, 0.05) is 17.0 Å². The van der Waals surface area contributed by atoms with Crippen LogP contribution in [0.25, 0.3) is 10.6 Å². The van der Waals surface area contributed by atoms with Crippen molar-refractivity contribution in [2.75, 3.05) is 33.9 Å². The first kappa shape index (κ1) is 20.4. The number of aryl methyl sites for hydroxylation is 1. The van der Waals surface area contributed by atoms with Gasteiger partial charge < -0.3 is 19.1 Å². The fraction of sp³-hybridized carbons (Fsp3) is 0.304. The lowest BCUT2D eigenvalue weighted by Crippen LogP contribution is -2.42. The van der Waals surface area contributed by atoms with Gasteiger partial charge in [-0.05, 0) is 30.7 Å². The number of thiazole rings is 1. The largest absolute Gasteiger partial charge is 0.493 e. The number of ether oxygens (including phenoxy) is 3. The number of nitrogens with zero attached hydrogens (tertiary/aromatic N) is 2. The zero-order valence-electron chi connectivity index (χ0n) is 17.3. The maximum Gasteiger partial charge on any atom is 0.273 e. The molecule has 156 valence electrons. The molecule has 30 heavy (non-hydrogen) atoms. The highest BCUT2D eigenvalue weighted by Gasteiger charge is 2.28. The van der Waals surface area contributed by atoms with Crippen molar-refractivity contribution in [2.24, 2.45) is 0 Å². The monoisotopic (exact) mass is 424 g/mol. The summed E-state index contributed by atoms with van der Waals surface area (Å²) >= 11 is 1.50. The van der Waals surface area contributed by atoms with Gasteiger partial charge in [0.25, 0.3) is 5.91 Å². The molecule has 3 aromatic rings. The lowest BCUT2D eigenvalue weighted by Gasteiger charge is -2.33. The lowest BCUT2D eigenvalue weighted by atomic mass is 10.1. The zero-order valence-corrected chi connectivity index (χ0v) is 18.1. The predicted molar refractivity (Wildman–Crippen MR) is 116 cm³/mol. The van der Waals surface area contributed by atoms with Crippen LogP contribution in [0.2, 0.25) is 0 Å². The number of carbonyl (C=O) groups excluding carboxylic acids is 1. The Kier molecular flexibility index (Phi) is 6.01. The summed E-state index contributed by atoms with van der Waals surface area (Å²) in [4.78, 5) is 20.6. The zero-order chi connectivity index (χ0) is 21.1. The number of rotatable bonds is 5. The fourth-order valence-electron chi connectivity index (χ4n) is 3.54. The number of methoxy groups -OCH3 is 2. The average molecular weight is 425 g/mol. The van der Waals surface area contributed by atoms with Gasteiger partial charge >= 0.3 is 0 Å². The second-order valence-corrected chi connectivity index (χ2v) is 8.22. The SMILES string of the molecule is COc1ccc(-c2nc(C(=O)N3CCOC(c4ccccc4)C3)c(C)s2)cc1OC. The van der Waals surface area contributed by atoms with Gasteiger partial charge in [0.1, 0.15) is 16.8 Å². The van der Waals surface area contributed by atoms with Crippen molar-refractivity contribution in [3.63, 3.8) is 0 Å². The van der Waals surface area contributed by atoms with Gasteiger partial charge in [-0.25, -0.2) is 4.98 Å². The molecular formula is C23H24N2O4S. The normalized spacial score (nSPS) is 16.4. The molecule has 0 bridgehead atoms. The molecule has 4 rings (SSSR count). The summed E-state index contributed by atoms with van der Waals surface area (Å²) in [5.74, 6) is 1.24. The van der Waals surface area contributed by atoms with Gasteiger partial charge in [0.2, 0.25) is 0 Å². The van der Waals surface area contributed by atoms with Gasteiger partial charge in [-0.3, -0.25) is 4.79 Å². The fourth-order valence-corrected chi connectivity index (χ4v) is 4.44. The molecule has 1 aliphatic heterocycles. The number of benzene rings is 2. The highest BCUT2D eigenvalue weighted by molar-refractivity contribution is 7.15. The quantitative estimate of drug-likeness (QED) is 0.609. The Labute approximate surface area is 180 Å². The summed E-state index contributed by atoms with van der Waals surface area (Å²) in [6, 6.07) is 15.7. The van der Waals surface area contributed by atoms with Crippen molar-refractivity contribution in [1.82, 2.24) is 9.88 Å². The molecule has 7 heteroatoms. The summed E-state index contributed by atoms with van der Waals surface area (Å²) in [7, 11) is 3.21. The minimum atomic E-state index is -0.117. The van der Waals surface area contributed by atoms with Gasteiger partial charge in [0.05, 0.1) is 27.4 Å². The molecule has 1 fully saturated rings. The summed E-state index contributed by atoms with van der Waals surface area (Å²) in [5.41, 5.74) is 2.47. The van der Waals surface area contributed by atoms with Crippen LogP contribution in [0.4, 0.5) is 0 Å². The molecule has 1 atom stereocenters. The third-order valence-electron chi connectivity index (χ3n) is 5.15. The number of morpholine rings is 1. The first-order valence-corrected chi connectivity index (χ1v) is 10.6. The highest BCUT2D eigenvalue weighted by atomic mass is 32.1. The van der Waals surface area contributed by atoms with E-state index in [1.54, 1.807) is 14.2 Å². The topological polar surface area (TPSA) is 60.9 Å². The van der Waals surface area contributed by atoms with Crippen LogP contribution < -0.4 is 9.47 Å².